The van der Waals surface area contributed by atoms with Crippen molar-refractivity contribution < 1.29 is 18.0 Å². The Bertz CT molecular complexity index is 228. The maximum Gasteiger partial charge on any atom is 0.441 e. The van der Waals surface area contributed by atoms with Crippen molar-refractivity contribution in [3.8, 4) is 0 Å². The fraction of sp³-hybridized carbons (Fsp3) is 0.909. The largest absolute Gasteiger partial charge is 0.441 e. The number of alkyl halides is 3. The molecule has 0 aliphatic heterocycles. The van der Waals surface area contributed by atoms with E-state index in [2.05, 4.69) is 0 Å². The van der Waals surface area contributed by atoms with Gasteiger partial charge in [0, 0.05) is 18.1 Å². The highest BCUT2D eigenvalue weighted by Crippen LogP contribution is 2.34. The maximum absolute atomic E-state index is 12.0. The molecule has 0 aromatic rings. The van der Waals surface area contributed by atoms with Crippen LogP contribution in [0.15, 0.2) is 0 Å². The number of carbonyl (C=O) groups excluding carboxylic acids is 1. The van der Waals surface area contributed by atoms with Crippen molar-refractivity contribution in [2.24, 2.45) is 17.8 Å². The van der Waals surface area contributed by atoms with Gasteiger partial charge in [0.25, 0.3) is 0 Å². The SMILES string of the molecule is CCC(=O)C(C)C(C)C(C)CSC(F)(F)F. The molecule has 0 spiro atoms. The predicted molar refractivity (Wildman–Crippen MR) is 61.3 cm³/mol. The molecule has 0 saturated heterocycles. The van der Waals surface area contributed by atoms with E-state index in [4.69, 9.17) is 0 Å². The van der Waals surface area contributed by atoms with Crippen molar-refractivity contribution >= 4 is 17.5 Å². The Labute approximate surface area is 99.2 Å². The topological polar surface area (TPSA) is 17.1 Å². The molecule has 0 heterocycles. The average Bonchev–Trinajstić information content (AvgIpc) is 2.21. The van der Waals surface area contributed by atoms with Gasteiger partial charge in [-0.3, -0.25) is 4.79 Å². The Kier molecular flexibility index (Phi) is 6.44. The van der Waals surface area contributed by atoms with Gasteiger partial charge in [0.15, 0.2) is 0 Å². The molecule has 0 amide bonds. The number of hydrogen-bond acceptors (Lipinski definition) is 2. The lowest BCUT2D eigenvalue weighted by molar-refractivity contribution is -0.123. The van der Waals surface area contributed by atoms with Gasteiger partial charge in [-0.15, -0.1) is 0 Å². The van der Waals surface area contributed by atoms with Crippen molar-refractivity contribution in [1.29, 1.82) is 0 Å². The summed E-state index contributed by atoms with van der Waals surface area (Å²) in [4.78, 5) is 11.4. The number of thioether (sulfide) groups is 1. The van der Waals surface area contributed by atoms with E-state index in [1.807, 2.05) is 6.92 Å². The van der Waals surface area contributed by atoms with E-state index in [0.29, 0.717) is 6.42 Å². The monoisotopic (exact) mass is 256 g/mol. The third kappa shape index (κ3) is 5.77. The molecule has 3 unspecified atom stereocenters. The van der Waals surface area contributed by atoms with E-state index < -0.39 is 5.51 Å². The molecular formula is C11H19F3OS. The molecule has 0 saturated carbocycles. The predicted octanol–water partition coefficient (Wildman–Crippen LogP) is 4.13. The third-order valence-electron chi connectivity index (χ3n) is 3.05. The maximum atomic E-state index is 12.0. The van der Waals surface area contributed by atoms with Crippen LogP contribution in [0.4, 0.5) is 13.2 Å². The Morgan fingerprint density at radius 3 is 2.12 bits per heavy atom. The number of ketones is 1. The molecule has 0 rings (SSSR count). The van der Waals surface area contributed by atoms with Crippen molar-refractivity contribution in [3.63, 3.8) is 0 Å². The zero-order chi connectivity index (χ0) is 12.9. The summed E-state index contributed by atoms with van der Waals surface area (Å²) in [5.41, 5.74) is -4.17. The third-order valence-corrected chi connectivity index (χ3v) is 4.07. The molecule has 0 radical (unpaired) electrons. The summed E-state index contributed by atoms with van der Waals surface area (Å²) >= 11 is -0.00458. The Balaban J connectivity index is 4.17. The van der Waals surface area contributed by atoms with E-state index in [1.54, 1.807) is 20.8 Å². The molecule has 1 nitrogen and oxygen atoms in total. The van der Waals surface area contributed by atoms with Crippen LogP contribution in [0, 0.1) is 17.8 Å². The molecule has 16 heavy (non-hydrogen) atoms. The standard InChI is InChI=1S/C11H19F3OS/c1-5-10(15)9(4)8(3)7(2)6-16-11(12,13)14/h7-9H,5-6H2,1-4H3. The van der Waals surface area contributed by atoms with Crippen LogP contribution in [0.25, 0.3) is 0 Å². The van der Waals surface area contributed by atoms with Gasteiger partial charge in [-0.1, -0.05) is 39.5 Å². The number of Topliss-reactive ketones (excluding diaryl/α,β-unsaturated/α-hetero) is 1. The van der Waals surface area contributed by atoms with E-state index in [0.717, 1.165) is 0 Å². The Morgan fingerprint density at radius 1 is 1.25 bits per heavy atom. The second-order valence-corrected chi connectivity index (χ2v) is 5.29. The van der Waals surface area contributed by atoms with Crippen molar-refractivity contribution in [2.75, 3.05) is 5.75 Å². The van der Waals surface area contributed by atoms with E-state index >= 15 is 0 Å². The molecule has 0 N–H and O–H groups in total. The highest BCUT2D eigenvalue weighted by molar-refractivity contribution is 8.00. The van der Waals surface area contributed by atoms with Gasteiger partial charge in [-0.05, 0) is 11.8 Å². The zero-order valence-corrected chi connectivity index (χ0v) is 10.9. The molecular weight excluding hydrogens is 237 g/mol. The molecule has 0 fully saturated rings. The number of rotatable bonds is 6. The first-order chi connectivity index (χ1) is 7.19. The van der Waals surface area contributed by atoms with Crippen molar-refractivity contribution in [1.82, 2.24) is 0 Å². The second kappa shape index (κ2) is 6.52. The number of hydrogen-bond donors (Lipinski definition) is 0. The fourth-order valence-electron chi connectivity index (χ4n) is 1.49. The zero-order valence-electron chi connectivity index (χ0n) is 10.1. The van der Waals surface area contributed by atoms with Gasteiger partial charge in [0.1, 0.15) is 5.78 Å². The summed E-state index contributed by atoms with van der Waals surface area (Å²) in [6, 6.07) is 0. The fourth-order valence-corrected chi connectivity index (χ4v) is 2.24. The van der Waals surface area contributed by atoms with Crippen LogP contribution in [0.3, 0.4) is 0 Å². The lowest BCUT2D eigenvalue weighted by Gasteiger charge is -2.25. The molecule has 96 valence electrons. The van der Waals surface area contributed by atoms with Gasteiger partial charge in [-0.25, -0.2) is 0 Å². The number of carbonyl (C=O) groups is 1. The van der Waals surface area contributed by atoms with Crippen LogP contribution in [0.5, 0.6) is 0 Å². The summed E-state index contributed by atoms with van der Waals surface area (Å²) < 4.78 is 36.0. The first kappa shape index (κ1) is 15.8. The first-order valence-corrected chi connectivity index (χ1v) is 6.41. The minimum absolute atomic E-state index is 0.00458. The minimum Gasteiger partial charge on any atom is -0.299 e. The quantitative estimate of drug-likeness (QED) is 0.711. The average molecular weight is 256 g/mol. The van der Waals surface area contributed by atoms with Gasteiger partial charge in [0.2, 0.25) is 0 Å². The minimum atomic E-state index is -4.17. The second-order valence-electron chi connectivity index (χ2n) is 4.20. The van der Waals surface area contributed by atoms with Gasteiger partial charge in [-0.2, -0.15) is 13.2 Å². The molecule has 0 aromatic carbocycles. The highest BCUT2D eigenvalue weighted by Gasteiger charge is 2.31. The molecule has 0 bridgehead atoms. The summed E-state index contributed by atoms with van der Waals surface area (Å²) in [5.74, 6) is -0.143. The summed E-state index contributed by atoms with van der Waals surface area (Å²) in [5, 5.41) is 0. The number of halogens is 3. The van der Waals surface area contributed by atoms with Crippen LogP contribution in [-0.4, -0.2) is 17.0 Å². The molecule has 5 heteroatoms. The van der Waals surface area contributed by atoms with Crippen LogP contribution >= 0.6 is 11.8 Å². The van der Waals surface area contributed by atoms with E-state index in [9.17, 15) is 18.0 Å². The smallest absolute Gasteiger partial charge is 0.299 e. The van der Waals surface area contributed by atoms with Crippen LogP contribution in [0.2, 0.25) is 0 Å². The van der Waals surface area contributed by atoms with Crippen LogP contribution < -0.4 is 0 Å². The molecule has 0 aliphatic rings. The van der Waals surface area contributed by atoms with Gasteiger partial charge >= 0.3 is 5.51 Å². The molecule has 0 aliphatic carbocycles. The van der Waals surface area contributed by atoms with E-state index in [-0.39, 0.29) is 41.1 Å². The summed E-state index contributed by atoms with van der Waals surface area (Å²) in [6.07, 6.45) is 0.449. The normalized spacial score (nSPS) is 17.9. The van der Waals surface area contributed by atoms with Crippen molar-refractivity contribution in [2.45, 2.75) is 39.6 Å². The van der Waals surface area contributed by atoms with Crippen LogP contribution in [0.1, 0.15) is 34.1 Å². The highest BCUT2D eigenvalue weighted by atomic mass is 32.2. The van der Waals surface area contributed by atoms with Gasteiger partial charge in [0.05, 0.1) is 0 Å². The first-order valence-electron chi connectivity index (χ1n) is 5.42. The van der Waals surface area contributed by atoms with Crippen LogP contribution in [-0.2, 0) is 4.79 Å². The van der Waals surface area contributed by atoms with E-state index in [1.165, 1.54) is 0 Å². The van der Waals surface area contributed by atoms with Crippen molar-refractivity contribution in [3.05, 3.63) is 0 Å². The summed E-state index contributed by atoms with van der Waals surface area (Å²) in [6.45, 7) is 7.19. The summed E-state index contributed by atoms with van der Waals surface area (Å²) in [7, 11) is 0. The molecule has 0 aromatic heterocycles. The lowest BCUT2D eigenvalue weighted by atomic mass is 9.83. The Morgan fingerprint density at radius 2 is 1.75 bits per heavy atom. The van der Waals surface area contributed by atoms with Gasteiger partial charge < -0.3 is 0 Å². The lowest BCUT2D eigenvalue weighted by Crippen LogP contribution is -2.25. The Hall–Kier alpha value is -0.190. The molecule has 3 atom stereocenters.